The maximum Gasteiger partial charge on any atom is 0.411 e. The van der Waals surface area contributed by atoms with E-state index in [0.29, 0.717) is 23.3 Å². The molecular weight excluding hydrogens is 298 g/mol. The molecule has 1 unspecified atom stereocenters. The van der Waals surface area contributed by atoms with Gasteiger partial charge in [-0.3, -0.25) is 4.90 Å². The van der Waals surface area contributed by atoms with Crippen molar-refractivity contribution in [2.45, 2.75) is 38.8 Å². The van der Waals surface area contributed by atoms with E-state index < -0.39 is 17.2 Å². The average Bonchev–Trinajstić information content (AvgIpc) is 2.50. The van der Waals surface area contributed by atoms with E-state index >= 15 is 0 Å². The van der Waals surface area contributed by atoms with Crippen LogP contribution in [0.1, 0.15) is 33.3 Å². The first-order valence-corrected chi connectivity index (χ1v) is 7.24. The van der Waals surface area contributed by atoms with Crippen molar-refractivity contribution in [2.75, 3.05) is 21.3 Å². The third-order valence-corrected chi connectivity index (χ3v) is 3.53. The van der Waals surface area contributed by atoms with E-state index in [9.17, 15) is 9.59 Å². The van der Waals surface area contributed by atoms with Gasteiger partial charge in [-0.1, -0.05) is 0 Å². The fraction of sp³-hybridized carbons (Fsp3) is 0.529. The zero-order valence-electron chi connectivity index (χ0n) is 14.8. The monoisotopic (exact) mass is 323 g/mol. The lowest BCUT2D eigenvalue weighted by Crippen LogP contribution is -2.48. The summed E-state index contributed by atoms with van der Waals surface area (Å²) in [5.41, 5.74) is -1.30. The molecule has 1 atom stereocenters. The highest BCUT2D eigenvalue weighted by Crippen LogP contribution is 2.33. The van der Waals surface area contributed by atoms with Crippen LogP contribution in [-0.2, 0) is 15.1 Å². The number of amides is 1. The largest absolute Gasteiger partial charge is 0.497 e. The Morgan fingerprint density at radius 1 is 1.04 bits per heavy atom. The molecule has 0 bridgehead atoms. The lowest BCUT2D eigenvalue weighted by atomic mass is 9.91. The molecule has 6 heteroatoms. The second-order valence-electron chi connectivity index (χ2n) is 6.41. The molecule has 0 aromatic heterocycles. The third-order valence-electron chi connectivity index (χ3n) is 3.53. The Labute approximate surface area is 137 Å². The highest BCUT2D eigenvalue weighted by molar-refractivity contribution is 5.78. The summed E-state index contributed by atoms with van der Waals surface area (Å²) in [5.74, 6) is 1.06. The zero-order valence-corrected chi connectivity index (χ0v) is 14.8. The van der Waals surface area contributed by atoms with E-state index in [1.165, 1.54) is 26.2 Å². The van der Waals surface area contributed by atoms with Crippen molar-refractivity contribution in [3.05, 3.63) is 23.8 Å². The van der Waals surface area contributed by atoms with Gasteiger partial charge < -0.3 is 19.0 Å². The number of hydrogen-bond acceptors (Lipinski definition) is 5. The number of carbonyl (C=O) groups is 2. The molecule has 6 nitrogen and oxygen atoms in total. The molecule has 0 saturated heterocycles. The number of benzene rings is 1. The molecule has 1 rings (SSSR count). The van der Waals surface area contributed by atoms with Crippen LogP contribution in [0.15, 0.2) is 18.2 Å². The minimum atomic E-state index is -1.22. The molecule has 0 aliphatic heterocycles. The molecular formula is C17H25NO5. The molecule has 1 aromatic rings. The first-order chi connectivity index (χ1) is 10.6. The average molecular weight is 323 g/mol. The number of methoxy groups -OCH3 is 2. The normalized spacial score (nSPS) is 13.7. The van der Waals surface area contributed by atoms with E-state index in [-0.39, 0.29) is 0 Å². The van der Waals surface area contributed by atoms with Gasteiger partial charge in [0.15, 0.2) is 0 Å². The van der Waals surface area contributed by atoms with Crippen LogP contribution < -0.4 is 9.47 Å². The van der Waals surface area contributed by atoms with Crippen molar-refractivity contribution in [1.29, 1.82) is 0 Å². The lowest BCUT2D eigenvalue weighted by molar-refractivity contribution is -0.117. The Bertz CT molecular complexity index is 557. The van der Waals surface area contributed by atoms with E-state index in [2.05, 4.69) is 0 Å². The van der Waals surface area contributed by atoms with Crippen LogP contribution in [0.2, 0.25) is 0 Å². The number of ether oxygens (including phenoxy) is 3. The van der Waals surface area contributed by atoms with Crippen LogP contribution in [0.5, 0.6) is 11.5 Å². The highest BCUT2D eigenvalue weighted by atomic mass is 16.6. The summed E-state index contributed by atoms with van der Waals surface area (Å²) in [4.78, 5) is 25.4. The maximum atomic E-state index is 12.3. The fourth-order valence-electron chi connectivity index (χ4n) is 1.96. The van der Waals surface area contributed by atoms with Crippen LogP contribution in [0, 0.1) is 0 Å². The molecule has 0 radical (unpaired) electrons. The fourth-order valence-corrected chi connectivity index (χ4v) is 1.96. The Balaban J connectivity index is 3.28. The number of rotatable bonds is 5. The van der Waals surface area contributed by atoms with Gasteiger partial charge in [-0.25, -0.2) is 4.79 Å². The molecule has 128 valence electrons. The summed E-state index contributed by atoms with van der Waals surface area (Å²) >= 11 is 0. The summed E-state index contributed by atoms with van der Waals surface area (Å²) < 4.78 is 15.8. The molecule has 0 aliphatic rings. The van der Waals surface area contributed by atoms with E-state index in [0.717, 1.165) is 0 Å². The molecule has 1 amide bonds. The highest BCUT2D eigenvalue weighted by Gasteiger charge is 2.37. The van der Waals surface area contributed by atoms with Gasteiger partial charge in [0, 0.05) is 13.1 Å². The quantitative estimate of drug-likeness (QED) is 0.779. The number of aldehydes is 1. The van der Waals surface area contributed by atoms with Crippen molar-refractivity contribution in [2.24, 2.45) is 0 Å². The van der Waals surface area contributed by atoms with Crippen molar-refractivity contribution < 1.29 is 23.8 Å². The van der Waals surface area contributed by atoms with Crippen LogP contribution in [0.4, 0.5) is 4.79 Å². The molecule has 0 spiro atoms. The van der Waals surface area contributed by atoms with Gasteiger partial charge in [-0.05, 0) is 45.4 Å². The molecule has 0 fully saturated rings. The van der Waals surface area contributed by atoms with Crippen molar-refractivity contribution >= 4 is 12.4 Å². The molecule has 0 aliphatic carbocycles. The predicted molar refractivity (Wildman–Crippen MR) is 87.0 cm³/mol. The maximum absolute atomic E-state index is 12.3. The standard InChI is InChI=1S/C17H25NO5/c1-16(2,3)23-15(20)18(5)17(4,11-19)12-8-13(21-6)10-14(9-12)22-7/h8-11H,1-7H3. The topological polar surface area (TPSA) is 65.1 Å². The molecule has 1 aromatic carbocycles. The smallest absolute Gasteiger partial charge is 0.411 e. The summed E-state index contributed by atoms with van der Waals surface area (Å²) in [6.07, 6.45) is 0.111. The first kappa shape index (κ1) is 18.8. The minimum absolute atomic E-state index is 0.532. The van der Waals surface area contributed by atoms with Gasteiger partial charge in [0.1, 0.15) is 28.9 Å². The molecule has 0 N–H and O–H groups in total. The van der Waals surface area contributed by atoms with Crippen LogP contribution in [0.3, 0.4) is 0 Å². The van der Waals surface area contributed by atoms with Crippen molar-refractivity contribution in [3.8, 4) is 11.5 Å². The second kappa shape index (κ2) is 6.89. The molecule has 0 saturated carbocycles. The van der Waals surface area contributed by atoms with Gasteiger partial charge in [0.2, 0.25) is 0 Å². The zero-order chi connectivity index (χ0) is 17.8. The SMILES string of the molecule is COc1cc(OC)cc(C(C)(C=O)N(C)C(=O)OC(C)(C)C)c1. The number of carbonyl (C=O) groups excluding carboxylic acids is 2. The number of hydrogen-bond donors (Lipinski definition) is 0. The van der Waals surface area contributed by atoms with Gasteiger partial charge >= 0.3 is 6.09 Å². The van der Waals surface area contributed by atoms with Gasteiger partial charge in [-0.2, -0.15) is 0 Å². The Morgan fingerprint density at radius 3 is 1.87 bits per heavy atom. The summed E-state index contributed by atoms with van der Waals surface area (Å²) in [6, 6.07) is 5.08. The summed E-state index contributed by atoms with van der Waals surface area (Å²) in [7, 11) is 4.57. The van der Waals surface area contributed by atoms with Gasteiger partial charge in [0.25, 0.3) is 0 Å². The van der Waals surface area contributed by atoms with Crippen molar-refractivity contribution in [3.63, 3.8) is 0 Å². The number of nitrogens with zero attached hydrogens (tertiary/aromatic N) is 1. The minimum Gasteiger partial charge on any atom is -0.497 e. The van der Waals surface area contributed by atoms with Gasteiger partial charge in [-0.15, -0.1) is 0 Å². The second-order valence-corrected chi connectivity index (χ2v) is 6.41. The Morgan fingerprint density at radius 2 is 1.52 bits per heavy atom. The predicted octanol–water partition coefficient (Wildman–Crippen LogP) is 2.98. The van der Waals surface area contributed by atoms with Crippen molar-refractivity contribution in [1.82, 2.24) is 4.90 Å². The Kier molecular flexibility index (Phi) is 5.64. The van der Waals surface area contributed by atoms with E-state index in [1.807, 2.05) is 0 Å². The van der Waals surface area contributed by atoms with E-state index in [4.69, 9.17) is 14.2 Å². The molecule has 0 heterocycles. The molecule has 23 heavy (non-hydrogen) atoms. The Hall–Kier alpha value is -2.24. The third kappa shape index (κ3) is 4.37. The first-order valence-electron chi connectivity index (χ1n) is 7.24. The number of likely N-dealkylation sites (N-methyl/N-ethyl adjacent to an activating group) is 1. The van der Waals surface area contributed by atoms with Gasteiger partial charge in [0.05, 0.1) is 14.2 Å². The van der Waals surface area contributed by atoms with Crippen LogP contribution in [-0.4, -0.2) is 44.1 Å². The van der Waals surface area contributed by atoms with E-state index in [1.54, 1.807) is 45.9 Å². The summed E-state index contributed by atoms with van der Waals surface area (Å²) in [6.45, 7) is 6.95. The summed E-state index contributed by atoms with van der Waals surface area (Å²) in [5, 5.41) is 0. The van der Waals surface area contributed by atoms with Crippen LogP contribution in [0.25, 0.3) is 0 Å². The lowest BCUT2D eigenvalue weighted by Gasteiger charge is -2.36. The van der Waals surface area contributed by atoms with Crippen LogP contribution >= 0.6 is 0 Å².